The molecule has 0 heterocycles. The number of benzene rings is 1. The Labute approximate surface area is 170 Å². The molecule has 0 saturated carbocycles. The number of hydrogen-bond donors (Lipinski definition) is 2. The van der Waals surface area contributed by atoms with E-state index in [1.54, 1.807) is 7.05 Å². The van der Waals surface area contributed by atoms with Crippen molar-refractivity contribution in [3.63, 3.8) is 0 Å². The first-order valence-corrected chi connectivity index (χ1v) is 8.98. The van der Waals surface area contributed by atoms with Crippen molar-refractivity contribution in [3.8, 4) is 5.75 Å². The van der Waals surface area contributed by atoms with Crippen molar-refractivity contribution in [2.45, 2.75) is 34.2 Å². The number of hydrogen-bond acceptors (Lipinski definition) is 3. The Morgan fingerprint density at radius 2 is 1.84 bits per heavy atom. The lowest BCUT2D eigenvalue weighted by Gasteiger charge is -2.19. The van der Waals surface area contributed by atoms with E-state index in [9.17, 15) is 0 Å². The van der Waals surface area contributed by atoms with Gasteiger partial charge in [0.1, 0.15) is 12.4 Å². The molecular formula is C19H35IN4O. The van der Waals surface area contributed by atoms with E-state index in [0.29, 0.717) is 19.1 Å². The SMILES string of the molecule is CCN(CC)CCOc1ccccc1CNC(=NC)NCC(C)C.I. The van der Waals surface area contributed by atoms with Gasteiger partial charge in [-0.2, -0.15) is 0 Å². The van der Waals surface area contributed by atoms with E-state index in [1.807, 2.05) is 18.2 Å². The average Bonchev–Trinajstić information content (AvgIpc) is 2.59. The number of nitrogens with zero attached hydrogens (tertiary/aromatic N) is 2. The fraction of sp³-hybridized carbons (Fsp3) is 0.632. The van der Waals surface area contributed by atoms with Crippen LogP contribution in [-0.2, 0) is 6.54 Å². The topological polar surface area (TPSA) is 48.9 Å². The van der Waals surface area contributed by atoms with Crippen molar-refractivity contribution in [1.82, 2.24) is 15.5 Å². The van der Waals surface area contributed by atoms with Crippen LogP contribution in [-0.4, -0.2) is 50.7 Å². The maximum absolute atomic E-state index is 5.99. The Bertz CT molecular complexity index is 490. The number of rotatable bonds is 10. The Balaban J connectivity index is 0.00000576. The minimum Gasteiger partial charge on any atom is -0.492 e. The molecule has 0 unspecified atom stereocenters. The second-order valence-corrected chi connectivity index (χ2v) is 6.18. The van der Waals surface area contributed by atoms with E-state index in [-0.39, 0.29) is 24.0 Å². The smallest absolute Gasteiger partial charge is 0.191 e. The molecule has 1 aromatic carbocycles. The molecular weight excluding hydrogens is 427 g/mol. The highest BCUT2D eigenvalue weighted by Crippen LogP contribution is 2.17. The molecule has 0 aromatic heterocycles. The van der Waals surface area contributed by atoms with Crippen molar-refractivity contribution in [1.29, 1.82) is 0 Å². The molecule has 0 aliphatic heterocycles. The highest BCUT2D eigenvalue weighted by Gasteiger charge is 2.06. The van der Waals surface area contributed by atoms with Crippen LogP contribution in [0.15, 0.2) is 29.3 Å². The zero-order valence-corrected chi connectivity index (χ0v) is 18.7. The van der Waals surface area contributed by atoms with Gasteiger partial charge in [0.15, 0.2) is 5.96 Å². The third-order valence-electron chi connectivity index (χ3n) is 3.88. The molecule has 0 spiro atoms. The number of nitrogens with one attached hydrogen (secondary N) is 2. The maximum atomic E-state index is 5.99. The van der Waals surface area contributed by atoms with E-state index in [0.717, 1.165) is 43.5 Å². The fourth-order valence-corrected chi connectivity index (χ4v) is 2.32. The van der Waals surface area contributed by atoms with E-state index in [4.69, 9.17) is 4.74 Å². The lowest BCUT2D eigenvalue weighted by atomic mass is 10.2. The van der Waals surface area contributed by atoms with E-state index in [1.165, 1.54) is 0 Å². The second-order valence-electron chi connectivity index (χ2n) is 6.18. The summed E-state index contributed by atoms with van der Waals surface area (Å²) in [4.78, 5) is 6.62. The number of ether oxygens (including phenoxy) is 1. The summed E-state index contributed by atoms with van der Waals surface area (Å²) in [6.45, 7) is 14.1. The van der Waals surface area contributed by atoms with Gasteiger partial charge in [0, 0.05) is 32.2 Å². The molecule has 6 heteroatoms. The molecule has 1 aromatic rings. The third-order valence-corrected chi connectivity index (χ3v) is 3.88. The lowest BCUT2D eigenvalue weighted by molar-refractivity contribution is 0.221. The Morgan fingerprint density at radius 1 is 1.16 bits per heavy atom. The molecule has 0 aliphatic rings. The molecule has 0 amide bonds. The number of likely N-dealkylation sites (N-methyl/N-ethyl adjacent to an activating group) is 1. The zero-order chi connectivity index (χ0) is 17.8. The van der Waals surface area contributed by atoms with Gasteiger partial charge in [-0.15, -0.1) is 24.0 Å². The third kappa shape index (κ3) is 9.89. The summed E-state index contributed by atoms with van der Waals surface area (Å²) in [5.74, 6) is 2.34. The Hall–Kier alpha value is -1.02. The second kappa shape index (κ2) is 14.2. The van der Waals surface area contributed by atoms with Crippen LogP contribution in [0.1, 0.15) is 33.3 Å². The molecule has 0 aliphatic carbocycles. The molecule has 0 atom stereocenters. The van der Waals surface area contributed by atoms with Crippen molar-refractivity contribution < 1.29 is 4.74 Å². The highest BCUT2D eigenvalue weighted by atomic mass is 127. The number of para-hydroxylation sites is 1. The number of halogens is 1. The minimum atomic E-state index is 0. The van der Waals surface area contributed by atoms with Gasteiger partial charge in [-0.05, 0) is 25.1 Å². The van der Waals surface area contributed by atoms with Crippen LogP contribution in [0.5, 0.6) is 5.75 Å². The maximum Gasteiger partial charge on any atom is 0.191 e. The Kier molecular flexibility index (Phi) is 13.6. The summed E-state index contributed by atoms with van der Waals surface area (Å²) in [5.41, 5.74) is 1.14. The number of guanidine groups is 1. The van der Waals surface area contributed by atoms with Crippen LogP contribution in [0.4, 0.5) is 0 Å². The van der Waals surface area contributed by atoms with Gasteiger partial charge in [-0.25, -0.2) is 0 Å². The molecule has 1 rings (SSSR count). The van der Waals surface area contributed by atoms with Crippen molar-refractivity contribution in [2.24, 2.45) is 10.9 Å². The summed E-state index contributed by atoms with van der Waals surface area (Å²) in [6, 6.07) is 8.18. The van der Waals surface area contributed by atoms with Crippen LogP contribution >= 0.6 is 24.0 Å². The van der Waals surface area contributed by atoms with Crippen molar-refractivity contribution in [3.05, 3.63) is 29.8 Å². The molecule has 2 N–H and O–H groups in total. The highest BCUT2D eigenvalue weighted by molar-refractivity contribution is 14.0. The fourth-order valence-electron chi connectivity index (χ4n) is 2.32. The van der Waals surface area contributed by atoms with E-state index < -0.39 is 0 Å². The summed E-state index contributed by atoms with van der Waals surface area (Å²) >= 11 is 0. The minimum absolute atomic E-state index is 0. The summed E-state index contributed by atoms with van der Waals surface area (Å²) in [7, 11) is 1.79. The molecule has 25 heavy (non-hydrogen) atoms. The average molecular weight is 462 g/mol. The monoisotopic (exact) mass is 462 g/mol. The Morgan fingerprint density at radius 3 is 2.44 bits per heavy atom. The zero-order valence-electron chi connectivity index (χ0n) is 16.3. The van der Waals surface area contributed by atoms with Crippen LogP contribution in [0, 0.1) is 5.92 Å². The quantitative estimate of drug-likeness (QED) is 0.318. The number of aliphatic imine (C=N–C) groups is 1. The lowest BCUT2D eigenvalue weighted by Crippen LogP contribution is -2.38. The first kappa shape index (κ1) is 24.0. The molecule has 0 radical (unpaired) electrons. The molecule has 0 bridgehead atoms. The van der Waals surface area contributed by atoms with E-state index >= 15 is 0 Å². The van der Waals surface area contributed by atoms with Gasteiger partial charge in [-0.3, -0.25) is 4.99 Å². The molecule has 144 valence electrons. The predicted molar refractivity (Wildman–Crippen MR) is 118 cm³/mol. The molecule has 5 nitrogen and oxygen atoms in total. The van der Waals surface area contributed by atoms with E-state index in [2.05, 4.69) is 54.3 Å². The summed E-state index contributed by atoms with van der Waals surface area (Å²) in [5, 5.41) is 6.67. The van der Waals surface area contributed by atoms with Gasteiger partial charge < -0.3 is 20.3 Å². The molecule has 0 fully saturated rings. The normalized spacial score (nSPS) is 11.4. The van der Waals surface area contributed by atoms with Gasteiger partial charge in [0.25, 0.3) is 0 Å². The largest absolute Gasteiger partial charge is 0.492 e. The van der Waals surface area contributed by atoms with Crippen LogP contribution in [0.25, 0.3) is 0 Å². The van der Waals surface area contributed by atoms with Crippen LogP contribution < -0.4 is 15.4 Å². The van der Waals surface area contributed by atoms with Crippen LogP contribution in [0.2, 0.25) is 0 Å². The first-order chi connectivity index (χ1) is 11.6. The van der Waals surface area contributed by atoms with Gasteiger partial charge in [0.05, 0.1) is 0 Å². The van der Waals surface area contributed by atoms with Gasteiger partial charge in [0.2, 0.25) is 0 Å². The standard InChI is InChI=1S/C19H34N4O.HI/c1-6-23(7-2)12-13-24-18-11-9-8-10-17(18)15-22-19(20-5)21-14-16(3)4;/h8-11,16H,6-7,12-15H2,1-5H3,(H2,20,21,22);1H. The van der Waals surface area contributed by atoms with Crippen molar-refractivity contribution >= 4 is 29.9 Å². The molecule has 0 saturated heterocycles. The van der Waals surface area contributed by atoms with Crippen molar-refractivity contribution in [2.75, 3.05) is 39.8 Å². The van der Waals surface area contributed by atoms with Crippen LogP contribution in [0.3, 0.4) is 0 Å². The van der Waals surface area contributed by atoms with Gasteiger partial charge in [-0.1, -0.05) is 45.9 Å². The summed E-state index contributed by atoms with van der Waals surface area (Å²) < 4.78 is 5.99. The predicted octanol–water partition coefficient (Wildman–Crippen LogP) is 3.35. The first-order valence-electron chi connectivity index (χ1n) is 8.98. The van der Waals surface area contributed by atoms with Gasteiger partial charge >= 0.3 is 0 Å². The summed E-state index contributed by atoms with van der Waals surface area (Å²) in [6.07, 6.45) is 0.